The van der Waals surface area contributed by atoms with Gasteiger partial charge in [0.1, 0.15) is 11.6 Å². The number of nitrogens with zero attached hydrogens (tertiary/aromatic N) is 2. The van der Waals surface area contributed by atoms with Crippen molar-refractivity contribution < 1.29 is 4.79 Å². The summed E-state index contributed by atoms with van der Waals surface area (Å²) in [6.07, 6.45) is 2.42. The maximum Gasteiger partial charge on any atom is 0.267 e. The molecule has 1 aromatic rings. The molecule has 0 aromatic heterocycles. The number of nitrogens with one attached hydrogen (secondary N) is 2. The maximum absolute atomic E-state index is 12.0. The number of carbonyl (C=O) groups is 1. The van der Waals surface area contributed by atoms with E-state index in [1.807, 2.05) is 45.3 Å². The Morgan fingerprint density at radius 3 is 2.81 bits per heavy atom. The van der Waals surface area contributed by atoms with E-state index in [1.165, 1.54) is 6.20 Å². The highest BCUT2D eigenvalue weighted by Gasteiger charge is 2.08. The summed E-state index contributed by atoms with van der Waals surface area (Å²) in [5, 5.41) is 14.8. The first-order valence-electron chi connectivity index (χ1n) is 6.89. The minimum absolute atomic E-state index is 0.0707. The molecule has 0 atom stereocenters. The number of hydrogen-bond donors (Lipinski definition) is 2. The molecular weight excluding hydrogens is 264 g/mol. The fourth-order valence-corrected chi connectivity index (χ4v) is 1.74. The number of rotatable bonds is 7. The van der Waals surface area contributed by atoms with E-state index in [-0.39, 0.29) is 5.57 Å². The molecule has 5 nitrogen and oxygen atoms in total. The van der Waals surface area contributed by atoms with Gasteiger partial charge in [-0.05, 0) is 51.7 Å². The number of anilines is 1. The summed E-state index contributed by atoms with van der Waals surface area (Å²) in [6.45, 7) is 3.63. The van der Waals surface area contributed by atoms with Crippen LogP contribution in [0, 0.1) is 18.3 Å². The van der Waals surface area contributed by atoms with E-state index >= 15 is 0 Å². The van der Waals surface area contributed by atoms with Crippen LogP contribution in [0.3, 0.4) is 0 Å². The molecule has 0 aliphatic carbocycles. The molecule has 2 N–H and O–H groups in total. The van der Waals surface area contributed by atoms with E-state index < -0.39 is 5.91 Å². The number of benzene rings is 1. The number of nitriles is 1. The fraction of sp³-hybridized carbons (Fsp3) is 0.375. The van der Waals surface area contributed by atoms with E-state index in [4.69, 9.17) is 5.26 Å². The van der Waals surface area contributed by atoms with Gasteiger partial charge in [-0.3, -0.25) is 4.79 Å². The van der Waals surface area contributed by atoms with E-state index in [0.717, 1.165) is 25.1 Å². The standard InChI is InChI=1S/C16H22N4O/c1-13-6-4-7-15(10-13)19-16(21)14(11-17)12-18-8-5-9-20(2)3/h4,6-7,10,12,18H,5,8-9H2,1-3H3,(H,19,21)/b14-12-. The molecule has 0 aliphatic heterocycles. The summed E-state index contributed by atoms with van der Waals surface area (Å²) in [6, 6.07) is 9.38. The van der Waals surface area contributed by atoms with Crippen LogP contribution in [0.4, 0.5) is 5.69 Å². The lowest BCUT2D eigenvalue weighted by atomic mass is 10.2. The Morgan fingerprint density at radius 2 is 2.19 bits per heavy atom. The van der Waals surface area contributed by atoms with Crippen LogP contribution in [0.25, 0.3) is 0 Å². The molecule has 1 amide bonds. The maximum atomic E-state index is 12.0. The predicted molar refractivity (Wildman–Crippen MR) is 84.7 cm³/mol. The second-order valence-electron chi connectivity index (χ2n) is 5.10. The molecule has 1 aromatic carbocycles. The zero-order valence-electron chi connectivity index (χ0n) is 12.8. The first-order valence-corrected chi connectivity index (χ1v) is 6.89. The molecule has 0 unspecified atom stereocenters. The molecule has 5 heteroatoms. The van der Waals surface area contributed by atoms with Crippen LogP contribution >= 0.6 is 0 Å². The number of hydrogen-bond acceptors (Lipinski definition) is 4. The number of amides is 1. The van der Waals surface area contributed by atoms with Crippen LogP contribution in [0.1, 0.15) is 12.0 Å². The normalized spacial score (nSPS) is 11.1. The van der Waals surface area contributed by atoms with Gasteiger partial charge >= 0.3 is 0 Å². The van der Waals surface area contributed by atoms with Gasteiger partial charge in [-0.2, -0.15) is 5.26 Å². The molecule has 0 aliphatic rings. The third-order valence-electron chi connectivity index (χ3n) is 2.81. The zero-order chi connectivity index (χ0) is 15.7. The van der Waals surface area contributed by atoms with Crippen LogP contribution in [0.15, 0.2) is 36.0 Å². The van der Waals surface area contributed by atoms with Crippen molar-refractivity contribution in [2.24, 2.45) is 0 Å². The van der Waals surface area contributed by atoms with Crippen molar-refractivity contribution in [2.45, 2.75) is 13.3 Å². The van der Waals surface area contributed by atoms with Crippen molar-refractivity contribution in [3.63, 3.8) is 0 Å². The Kier molecular flexibility index (Phi) is 6.99. The van der Waals surface area contributed by atoms with Gasteiger partial charge in [-0.15, -0.1) is 0 Å². The largest absolute Gasteiger partial charge is 0.390 e. The van der Waals surface area contributed by atoms with Crippen molar-refractivity contribution >= 4 is 11.6 Å². The Bertz CT molecular complexity index is 543. The zero-order valence-corrected chi connectivity index (χ0v) is 12.8. The average molecular weight is 286 g/mol. The number of carbonyl (C=O) groups excluding carboxylic acids is 1. The van der Waals surface area contributed by atoms with E-state index in [9.17, 15) is 4.79 Å². The van der Waals surface area contributed by atoms with Gasteiger partial charge in [0.2, 0.25) is 0 Å². The van der Waals surface area contributed by atoms with Gasteiger partial charge < -0.3 is 15.5 Å². The van der Waals surface area contributed by atoms with Gasteiger partial charge in [-0.1, -0.05) is 12.1 Å². The minimum Gasteiger partial charge on any atom is -0.390 e. The highest BCUT2D eigenvalue weighted by Crippen LogP contribution is 2.10. The lowest BCUT2D eigenvalue weighted by molar-refractivity contribution is -0.112. The summed E-state index contributed by atoms with van der Waals surface area (Å²) >= 11 is 0. The Labute approximate surface area is 126 Å². The van der Waals surface area contributed by atoms with E-state index in [1.54, 1.807) is 6.07 Å². The van der Waals surface area contributed by atoms with Crippen molar-refractivity contribution in [2.75, 3.05) is 32.5 Å². The van der Waals surface area contributed by atoms with E-state index in [0.29, 0.717) is 5.69 Å². The molecular formula is C16H22N4O. The molecule has 0 heterocycles. The highest BCUT2D eigenvalue weighted by molar-refractivity contribution is 6.06. The van der Waals surface area contributed by atoms with Gasteiger partial charge in [0.15, 0.2) is 0 Å². The SMILES string of the molecule is Cc1cccc(NC(=O)/C(C#N)=C\NCCCN(C)C)c1. The van der Waals surface area contributed by atoms with Gasteiger partial charge in [0.25, 0.3) is 5.91 Å². The van der Waals surface area contributed by atoms with Crippen molar-refractivity contribution in [3.8, 4) is 6.07 Å². The topological polar surface area (TPSA) is 68.2 Å². The van der Waals surface area contributed by atoms with Gasteiger partial charge in [0.05, 0.1) is 0 Å². The molecule has 0 fully saturated rings. The third kappa shape index (κ3) is 6.59. The van der Waals surface area contributed by atoms with E-state index in [2.05, 4.69) is 15.5 Å². The second kappa shape index (κ2) is 8.77. The highest BCUT2D eigenvalue weighted by atomic mass is 16.1. The van der Waals surface area contributed by atoms with Crippen LogP contribution in [-0.4, -0.2) is 38.0 Å². The molecule has 0 saturated heterocycles. The lowest BCUT2D eigenvalue weighted by Gasteiger charge is -2.09. The average Bonchev–Trinajstić information content (AvgIpc) is 2.42. The quantitative estimate of drug-likeness (QED) is 0.456. The Morgan fingerprint density at radius 1 is 1.43 bits per heavy atom. The predicted octanol–water partition coefficient (Wildman–Crippen LogP) is 1.88. The summed E-state index contributed by atoms with van der Waals surface area (Å²) in [7, 11) is 4.01. The van der Waals surface area contributed by atoms with Crippen LogP contribution < -0.4 is 10.6 Å². The monoisotopic (exact) mass is 286 g/mol. The molecule has 0 spiro atoms. The smallest absolute Gasteiger partial charge is 0.267 e. The van der Waals surface area contributed by atoms with Crippen LogP contribution in [-0.2, 0) is 4.79 Å². The lowest BCUT2D eigenvalue weighted by Crippen LogP contribution is -2.20. The molecule has 0 radical (unpaired) electrons. The molecule has 21 heavy (non-hydrogen) atoms. The summed E-state index contributed by atoms with van der Waals surface area (Å²) in [5.41, 5.74) is 1.81. The van der Waals surface area contributed by atoms with Crippen molar-refractivity contribution in [3.05, 3.63) is 41.6 Å². The Hall–Kier alpha value is -2.32. The van der Waals surface area contributed by atoms with Crippen molar-refractivity contribution in [1.29, 1.82) is 5.26 Å². The minimum atomic E-state index is -0.400. The fourth-order valence-electron chi connectivity index (χ4n) is 1.74. The molecule has 0 saturated carbocycles. The van der Waals surface area contributed by atoms with Crippen LogP contribution in [0.2, 0.25) is 0 Å². The Balaban J connectivity index is 2.51. The first kappa shape index (κ1) is 16.7. The second-order valence-corrected chi connectivity index (χ2v) is 5.10. The summed E-state index contributed by atoms with van der Waals surface area (Å²) in [5.74, 6) is -0.400. The third-order valence-corrected chi connectivity index (χ3v) is 2.81. The number of aryl methyl sites for hydroxylation is 1. The van der Waals surface area contributed by atoms with Gasteiger partial charge in [-0.25, -0.2) is 0 Å². The first-order chi connectivity index (χ1) is 10.0. The summed E-state index contributed by atoms with van der Waals surface area (Å²) < 4.78 is 0. The molecule has 112 valence electrons. The summed E-state index contributed by atoms with van der Waals surface area (Å²) in [4.78, 5) is 14.1. The van der Waals surface area contributed by atoms with Crippen LogP contribution in [0.5, 0.6) is 0 Å². The van der Waals surface area contributed by atoms with Crippen molar-refractivity contribution in [1.82, 2.24) is 10.2 Å². The van der Waals surface area contributed by atoms with Gasteiger partial charge in [0, 0.05) is 18.4 Å². The molecule has 0 bridgehead atoms. The molecule has 1 rings (SSSR count).